The van der Waals surface area contributed by atoms with Crippen LogP contribution in [0.1, 0.15) is 28.4 Å². The van der Waals surface area contributed by atoms with E-state index in [1.54, 1.807) is 31.4 Å². The fraction of sp³-hybridized carbons (Fsp3) is 0.188. The van der Waals surface area contributed by atoms with Crippen LogP contribution in [0.5, 0.6) is 5.75 Å². The first-order chi connectivity index (χ1) is 9.20. The maximum atomic E-state index is 12.1. The molecular weight excluding hydrogens is 240 g/mol. The summed E-state index contributed by atoms with van der Waals surface area (Å²) in [6.07, 6.45) is -0.711. The summed E-state index contributed by atoms with van der Waals surface area (Å²) in [7, 11) is 1.56. The lowest BCUT2D eigenvalue weighted by Gasteiger charge is -2.10. The third-order valence-electron chi connectivity index (χ3n) is 2.95. The summed E-state index contributed by atoms with van der Waals surface area (Å²) < 4.78 is 5.08. The maximum absolute atomic E-state index is 12.1. The minimum Gasteiger partial charge on any atom is -0.497 e. The molecule has 0 spiro atoms. The fourth-order valence-electron chi connectivity index (χ4n) is 1.88. The van der Waals surface area contributed by atoms with Gasteiger partial charge >= 0.3 is 0 Å². The number of aliphatic hydroxyl groups is 1. The molecule has 3 heteroatoms. The molecule has 0 bridgehead atoms. The molecule has 2 aromatic rings. The van der Waals surface area contributed by atoms with Crippen molar-refractivity contribution in [3.05, 3.63) is 65.7 Å². The van der Waals surface area contributed by atoms with Gasteiger partial charge in [0.25, 0.3) is 0 Å². The standard InChI is InChI=1S/C16H16O3/c1-19-14-9-5-8-13(10-14)16(18)11-15(17)12-6-3-2-4-7-12/h2-10,15,17H,11H2,1H3. The molecule has 0 saturated carbocycles. The number of hydrogen-bond donors (Lipinski definition) is 1. The lowest BCUT2D eigenvalue weighted by molar-refractivity contribution is 0.0880. The molecule has 2 aromatic carbocycles. The van der Waals surface area contributed by atoms with Gasteiger partial charge in [0.05, 0.1) is 13.2 Å². The van der Waals surface area contributed by atoms with Crippen LogP contribution in [0.25, 0.3) is 0 Å². The van der Waals surface area contributed by atoms with Gasteiger partial charge in [-0.2, -0.15) is 0 Å². The Labute approximate surface area is 112 Å². The minimum absolute atomic E-state index is 0.0666. The summed E-state index contributed by atoms with van der Waals surface area (Å²) >= 11 is 0. The van der Waals surface area contributed by atoms with Crippen molar-refractivity contribution in [2.24, 2.45) is 0 Å². The van der Waals surface area contributed by atoms with E-state index in [0.29, 0.717) is 11.3 Å². The number of carbonyl (C=O) groups is 1. The van der Waals surface area contributed by atoms with E-state index in [1.807, 2.05) is 30.3 Å². The highest BCUT2D eigenvalue weighted by atomic mass is 16.5. The van der Waals surface area contributed by atoms with Crippen molar-refractivity contribution in [2.75, 3.05) is 7.11 Å². The lowest BCUT2D eigenvalue weighted by Crippen LogP contribution is -2.07. The number of aliphatic hydroxyl groups excluding tert-OH is 1. The number of Topliss-reactive ketones (excluding diaryl/α,β-unsaturated/α-hetero) is 1. The van der Waals surface area contributed by atoms with Gasteiger partial charge in [0.2, 0.25) is 0 Å². The average Bonchev–Trinajstić information content (AvgIpc) is 2.48. The second kappa shape index (κ2) is 6.16. The zero-order valence-electron chi connectivity index (χ0n) is 10.7. The number of rotatable bonds is 5. The highest BCUT2D eigenvalue weighted by Gasteiger charge is 2.14. The van der Waals surface area contributed by atoms with Gasteiger partial charge in [-0.05, 0) is 17.7 Å². The third kappa shape index (κ3) is 3.42. The van der Waals surface area contributed by atoms with E-state index in [1.165, 1.54) is 0 Å². The smallest absolute Gasteiger partial charge is 0.165 e. The molecule has 0 heterocycles. The van der Waals surface area contributed by atoms with Gasteiger partial charge in [0.1, 0.15) is 5.75 Å². The highest BCUT2D eigenvalue weighted by Crippen LogP contribution is 2.20. The normalized spacial score (nSPS) is 11.9. The molecule has 0 radical (unpaired) electrons. The predicted molar refractivity (Wildman–Crippen MR) is 73.3 cm³/mol. The van der Waals surface area contributed by atoms with Crippen LogP contribution in [0.15, 0.2) is 54.6 Å². The quantitative estimate of drug-likeness (QED) is 0.836. The summed E-state index contributed by atoms with van der Waals surface area (Å²) in [6.45, 7) is 0. The Balaban J connectivity index is 2.08. The van der Waals surface area contributed by atoms with Crippen molar-refractivity contribution in [1.82, 2.24) is 0 Å². The Bertz CT molecular complexity index is 549. The first-order valence-electron chi connectivity index (χ1n) is 6.11. The topological polar surface area (TPSA) is 46.5 Å². The van der Waals surface area contributed by atoms with Crippen LogP contribution >= 0.6 is 0 Å². The van der Waals surface area contributed by atoms with Crippen molar-refractivity contribution < 1.29 is 14.6 Å². The largest absolute Gasteiger partial charge is 0.497 e. The number of carbonyl (C=O) groups excluding carboxylic acids is 1. The Kier molecular flexibility index (Phi) is 4.31. The molecule has 2 rings (SSSR count). The minimum atomic E-state index is -0.778. The SMILES string of the molecule is COc1cccc(C(=O)CC(O)c2ccccc2)c1. The molecule has 3 nitrogen and oxygen atoms in total. The molecule has 0 aromatic heterocycles. The van der Waals surface area contributed by atoms with Crippen LogP contribution in [-0.2, 0) is 0 Å². The third-order valence-corrected chi connectivity index (χ3v) is 2.95. The Hall–Kier alpha value is -2.13. The van der Waals surface area contributed by atoms with E-state index in [2.05, 4.69) is 0 Å². The summed E-state index contributed by atoms with van der Waals surface area (Å²) in [4.78, 5) is 12.1. The molecule has 0 amide bonds. The van der Waals surface area contributed by atoms with Crippen molar-refractivity contribution in [3.63, 3.8) is 0 Å². The van der Waals surface area contributed by atoms with Crippen LogP contribution in [0.3, 0.4) is 0 Å². The fourth-order valence-corrected chi connectivity index (χ4v) is 1.88. The Morgan fingerprint density at radius 2 is 1.89 bits per heavy atom. The molecule has 0 aliphatic heterocycles. The number of ether oxygens (including phenoxy) is 1. The molecule has 0 aliphatic carbocycles. The molecule has 0 saturated heterocycles. The molecule has 98 valence electrons. The number of benzene rings is 2. The van der Waals surface area contributed by atoms with Gasteiger partial charge in [0, 0.05) is 12.0 Å². The Morgan fingerprint density at radius 1 is 1.16 bits per heavy atom. The number of ketones is 1. The molecule has 1 atom stereocenters. The van der Waals surface area contributed by atoms with Gasteiger partial charge in [-0.15, -0.1) is 0 Å². The zero-order chi connectivity index (χ0) is 13.7. The average molecular weight is 256 g/mol. The van der Waals surface area contributed by atoms with Crippen LogP contribution in [-0.4, -0.2) is 18.0 Å². The molecule has 0 fully saturated rings. The van der Waals surface area contributed by atoms with Gasteiger partial charge in [-0.25, -0.2) is 0 Å². The van der Waals surface area contributed by atoms with E-state index >= 15 is 0 Å². The first-order valence-corrected chi connectivity index (χ1v) is 6.11. The second-order valence-corrected chi connectivity index (χ2v) is 4.29. The van der Waals surface area contributed by atoms with Gasteiger partial charge < -0.3 is 9.84 Å². The first kappa shape index (κ1) is 13.3. The van der Waals surface area contributed by atoms with Crippen molar-refractivity contribution in [2.45, 2.75) is 12.5 Å². The summed E-state index contributed by atoms with van der Waals surface area (Å²) in [6, 6.07) is 16.1. The van der Waals surface area contributed by atoms with E-state index in [4.69, 9.17) is 4.74 Å². The molecule has 1 unspecified atom stereocenters. The predicted octanol–water partition coefficient (Wildman–Crippen LogP) is 3.00. The summed E-state index contributed by atoms with van der Waals surface area (Å²) in [5, 5.41) is 10.0. The second-order valence-electron chi connectivity index (χ2n) is 4.29. The monoisotopic (exact) mass is 256 g/mol. The van der Waals surface area contributed by atoms with Crippen molar-refractivity contribution in [3.8, 4) is 5.75 Å². The van der Waals surface area contributed by atoms with Crippen LogP contribution in [0.4, 0.5) is 0 Å². The van der Waals surface area contributed by atoms with Crippen LogP contribution in [0.2, 0.25) is 0 Å². The van der Waals surface area contributed by atoms with Crippen LogP contribution < -0.4 is 4.74 Å². The Morgan fingerprint density at radius 3 is 2.58 bits per heavy atom. The maximum Gasteiger partial charge on any atom is 0.165 e. The highest BCUT2D eigenvalue weighted by molar-refractivity contribution is 5.96. The number of methoxy groups -OCH3 is 1. The lowest BCUT2D eigenvalue weighted by atomic mass is 10.0. The van der Waals surface area contributed by atoms with E-state index in [-0.39, 0.29) is 12.2 Å². The van der Waals surface area contributed by atoms with Gasteiger partial charge in [-0.1, -0.05) is 42.5 Å². The van der Waals surface area contributed by atoms with Gasteiger partial charge in [0.15, 0.2) is 5.78 Å². The van der Waals surface area contributed by atoms with Crippen molar-refractivity contribution in [1.29, 1.82) is 0 Å². The summed E-state index contributed by atoms with van der Waals surface area (Å²) in [5.74, 6) is 0.537. The molecule has 1 N–H and O–H groups in total. The number of hydrogen-bond acceptors (Lipinski definition) is 3. The summed E-state index contributed by atoms with van der Waals surface area (Å²) in [5.41, 5.74) is 1.30. The van der Waals surface area contributed by atoms with E-state index in [9.17, 15) is 9.90 Å². The van der Waals surface area contributed by atoms with Gasteiger partial charge in [-0.3, -0.25) is 4.79 Å². The molecule has 0 aliphatic rings. The molecular formula is C16H16O3. The molecule has 19 heavy (non-hydrogen) atoms. The van der Waals surface area contributed by atoms with Crippen molar-refractivity contribution >= 4 is 5.78 Å². The van der Waals surface area contributed by atoms with Crippen LogP contribution in [0, 0.1) is 0 Å². The van der Waals surface area contributed by atoms with E-state index in [0.717, 1.165) is 5.56 Å². The zero-order valence-corrected chi connectivity index (χ0v) is 10.7. The van der Waals surface area contributed by atoms with E-state index < -0.39 is 6.10 Å².